The summed E-state index contributed by atoms with van der Waals surface area (Å²) in [6.45, 7) is -0.0129. The number of ketones is 1. The summed E-state index contributed by atoms with van der Waals surface area (Å²) >= 11 is 0. The molecule has 2 aliphatic carbocycles. The number of nitrogens with zero attached hydrogens (tertiary/aromatic N) is 1. The van der Waals surface area contributed by atoms with Crippen molar-refractivity contribution in [2.45, 2.75) is 25.7 Å². The van der Waals surface area contributed by atoms with Gasteiger partial charge in [0.25, 0.3) is 0 Å². The Hall–Kier alpha value is -2.43. The van der Waals surface area contributed by atoms with Crippen LogP contribution in [0.25, 0.3) is 10.9 Å². The summed E-state index contributed by atoms with van der Waals surface area (Å²) in [7, 11) is 0. The molecule has 0 atom stereocenters. The number of para-hydroxylation sites is 1. The summed E-state index contributed by atoms with van der Waals surface area (Å²) in [5, 5.41) is 3.47. The van der Waals surface area contributed by atoms with Crippen LogP contribution in [0.5, 0.6) is 0 Å². The first-order chi connectivity index (χ1) is 11.1. The van der Waals surface area contributed by atoms with Gasteiger partial charge in [-0.25, -0.2) is 0 Å². The van der Waals surface area contributed by atoms with Gasteiger partial charge in [0, 0.05) is 29.0 Å². The van der Waals surface area contributed by atoms with Gasteiger partial charge in [0.15, 0.2) is 5.78 Å². The minimum absolute atomic E-state index is 0.0129. The van der Waals surface area contributed by atoms with Crippen molar-refractivity contribution in [3.63, 3.8) is 0 Å². The Morgan fingerprint density at radius 3 is 2.43 bits per heavy atom. The molecule has 0 bridgehead atoms. The summed E-state index contributed by atoms with van der Waals surface area (Å²) in [5.74, 6) is 0.0277. The van der Waals surface area contributed by atoms with Gasteiger partial charge in [-0.1, -0.05) is 18.2 Å². The summed E-state index contributed by atoms with van der Waals surface area (Å²) < 4.78 is 1.60. The Balaban J connectivity index is 1.61. The van der Waals surface area contributed by atoms with E-state index in [9.17, 15) is 14.4 Å². The van der Waals surface area contributed by atoms with E-state index in [1.807, 2.05) is 24.3 Å². The number of amides is 1. The number of hydrogen-bond donors (Lipinski definition) is 1. The topological polar surface area (TPSA) is 68.2 Å². The van der Waals surface area contributed by atoms with Gasteiger partial charge in [-0.15, -0.1) is 0 Å². The molecule has 2 fully saturated rings. The van der Waals surface area contributed by atoms with E-state index in [1.165, 1.54) is 0 Å². The molecule has 0 spiro atoms. The molecule has 2 saturated carbocycles. The van der Waals surface area contributed by atoms with E-state index >= 15 is 0 Å². The van der Waals surface area contributed by atoms with Crippen LogP contribution in [0.1, 0.15) is 40.8 Å². The third kappa shape index (κ3) is 2.67. The maximum absolute atomic E-state index is 12.5. The molecule has 23 heavy (non-hydrogen) atoms. The first-order valence-corrected chi connectivity index (χ1v) is 8.10. The number of benzene rings is 1. The van der Waals surface area contributed by atoms with Crippen LogP contribution in [0.3, 0.4) is 0 Å². The lowest BCUT2D eigenvalue weighted by molar-refractivity contribution is -0.122. The highest BCUT2D eigenvalue weighted by molar-refractivity contribution is 6.12. The van der Waals surface area contributed by atoms with E-state index < -0.39 is 0 Å². The third-order valence-corrected chi connectivity index (χ3v) is 4.55. The van der Waals surface area contributed by atoms with Crippen molar-refractivity contribution in [3.05, 3.63) is 36.0 Å². The van der Waals surface area contributed by atoms with E-state index in [-0.39, 0.29) is 36.0 Å². The maximum Gasteiger partial charge on any atom is 0.234 e. The molecule has 1 aromatic heterocycles. The minimum atomic E-state index is -0.155. The van der Waals surface area contributed by atoms with Gasteiger partial charge in [-0.2, -0.15) is 0 Å². The predicted molar refractivity (Wildman–Crippen MR) is 85.4 cm³/mol. The largest absolute Gasteiger partial charge is 0.348 e. The monoisotopic (exact) mass is 310 g/mol. The van der Waals surface area contributed by atoms with Crippen molar-refractivity contribution in [2.24, 2.45) is 11.8 Å². The molecular formula is C18H18N2O3. The fourth-order valence-corrected chi connectivity index (χ4v) is 2.86. The van der Waals surface area contributed by atoms with Gasteiger partial charge in [-0.05, 0) is 31.7 Å². The van der Waals surface area contributed by atoms with Gasteiger partial charge in [-0.3, -0.25) is 19.0 Å². The second kappa shape index (κ2) is 5.33. The molecule has 5 nitrogen and oxygen atoms in total. The molecular weight excluding hydrogens is 292 g/mol. The van der Waals surface area contributed by atoms with Crippen molar-refractivity contribution in [1.82, 2.24) is 9.88 Å². The number of fused-ring (bicyclic) bond motifs is 1. The van der Waals surface area contributed by atoms with Crippen molar-refractivity contribution in [2.75, 3.05) is 6.54 Å². The van der Waals surface area contributed by atoms with Crippen LogP contribution < -0.4 is 5.32 Å². The summed E-state index contributed by atoms with van der Waals surface area (Å²) in [4.78, 5) is 36.6. The first kappa shape index (κ1) is 14.2. The zero-order valence-electron chi connectivity index (χ0n) is 12.7. The van der Waals surface area contributed by atoms with E-state index in [4.69, 9.17) is 0 Å². The smallest absolute Gasteiger partial charge is 0.234 e. The van der Waals surface area contributed by atoms with Crippen molar-refractivity contribution in [3.8, 4) is 0 Å². The van der Waals surface area contributed by atoms with Gasteiger partial charge < -0.3 is 5.32 Å². The lowest BCUT2D eigenvalue weighted by Gasteiger charge is -2.02. The highest BCUT2D eigenvalue weighted by atomic mass is 16.2. The SMILES string of the molecule is O=C(CNC(=O)C1CC1)c1cn(C(=O)C2CC2)c2ccccc12. The Bertz CT molecular complexity index is 813. The average Bonchev–Trinajstić information content (AvgIpc) is 3.45. The quantitative estimate of drug-likeness (QED) is 0.862. The minimum Gasteiger partial charge on any atom is -0.348 e. The average molecular weight is 310 g/mol. The van der Waals surface area contributed by atoms with Crippen LogP contribution in [0, 0.1) is 11.8 Å². The van der Waals surface area contributed by atoms with Crippen LogP contribution in [0.2, 0.25) is 0 Å². The molecule has 0 aliphatic heterocycles. The third-order valence-electron chi connectivity index (χ3n) is 4.55. The molecule has 4 rings (SSSR count). The number of carbonyl (C=O) groups is 3. The second-order valence-corrected chi connectivity index (χ2v) is 6.46. The Morgan fingerprint density at radius 2 is 1.74 bits per heavy atom. The van der Waals surface area contributed by atoms with E-state index in [2.05, 4.69) is 5.32 Å². The summed E-state index contributed by atoms with van der Waals surface area (Å²) in [6, 6.07) is 7.42. The van der Waals surface area contributed by atoms with E-state index in [0.29, 0.717) is 5.56 Å². The molecule has 5 heteroatoms. The number of hydrogen-bond acceptors (Lipinski definition) is 3. The van der Waals surface area contributed by atoms with E-state index in [0.717, 1.165) is 36.6 Å². The molecule has 0 unspecified atom stereocenters. The van der Waals surface area contributed by atoms with Gasteiger partial charge in [0.05, 0.1) is 12.1 Å². The summed E-state index contributed by atoms with van der Waals surface area (Å²) in [5.41, 5.74) is 1.27. The molecule has 0 saturated heterocycles. The number of carbonyl (C=O) groups excluding carboxylic acids is 3. The zero-order valence-corrected chi connectivity index (χ0v) is 12.7. The standard InChI is InChI=1S/C18H18N2O3/c21-16(9-19-17(22)11-5-6-11)14-10-20(18(23)12-7-8-12)15-4-2-1-3-13(14)15/h1-4,10-12H,5-9H2,(H,19,22). The van der Waals surface area contributed by atoms with Crippen molar-refractivity contribution >= 4 is 28.5 Å². The van der Waals surface area contributed by atoms with E-state index in [1.54, 1.807) is 10.8 Å². The Morgan fingerprint density at radius 1 is 1.04 bits per heavy atom. The van der Waals surface area contributed by atoms with Gasteiger partial charge in [0.1, 0.15) is 0 Å². The van der Waals surface area contributed by atoms with Crippen LogP contribution in [-0.4, -0.2) is 28.7 Å². The normalized spacial score (nSPS) is 17.2. The lowest BCUT2D eigenvalue weighted by atomic mass is 10.1. The van der Waals surface area contributed by atoms with Gasteiger partial charge >= 0.3 is 0 Å². The zero-order chi connectivity index (χ0) is 16.0. The van der Waals surface area contributed by atoms with Gasteiger partial charge in [0.2, 0.25) is 11.8 Å². The highest BCUT2D eigenvalue weighted by Crippen LogP contribution is 2.33. The Kier molecular flexibility index (Phi) is 3.29. The number of aromatic nitrogens is 1. The highest BCUT2D eigenvalue weighted by Gasteiger charge is 2.33. The maximum atomic E-state index is 12.5. The number of rotatable bonds is 5. The molecule has 1 amide bonds. The van der Waals surface area contributed by atoms with Crippen LogP contribution >= 0.6 is 0 Å². The Labute approximate surface area is 133 Å². The van der Waals surface area contributed by atoms with Crippen LogP contribution in [0.15, 0.2) is 30.5 Å². The molecule has 118 valence electrons. The number of nitrogens with one attached hydrogen (secondary N) is 1. The number of Topliss-reactive ketones (excluding diaryl/α,β-unsaturated/α-hetero) is 1. The fourth-order valence-electron chi connectivity index (χ4n) is 2.86. The second-order valence-electron chi connectivity index (χ2n) is 6.46. The molecule has 2 aromatic rings. The van der Waals surface area contributed by atoms with Crippen molar-refractivity contribution < 1.29 is 14.4 Å². The molecule has 0 radical (unpaired) electrons. The lowest BCUT2D eigenvalue weighted by Crippen LogP contribution is -2.30. The van der Waals surface area contributed by atoms with Crippen LogP contribution in [-0.2, 0) is 4.79 Å². The van der Waals surface area contributed by atoms with Crippen molar-refractivity contribution in [1.29, 1.82) is 0 Å². The fraction of sp³-hybridized carbons (Fsp3) is 0.389. The summed E-state index contributed by atoms with van der Waals surface area (Å²) in [6.07, 6.45) is 5.31. The molecule has 1 aromatic carbocycles. The first-order valence-electron chi connectivity index (χ1n) is 8.10. The van der Waals surface area contributed by atoms with Crippen LogP contribution in [0.4, 0.5) is 0 Å². The predicted octanol–water partition coefficient (Wildman–Crippen LogP) is 2.40. The molecule has 2 aliphatic rings. The molecule has 1 N–H and O–H groups in total. The molecule has 1 heterocycles.